The Hall–Kier alpha value is -2.12. The van der Waals surface area contributed by atoms with E-state index in [9.17, 15) is 21.6 Å². The van der Waals surface area contributed by atoms with Gasteiger partial charge in [-0.25, -0.2) is 16.8 Å². The summed E-state index contributed by atoms with van der Waals surface area (Å²) in [5.74, 6) is -0.512. The minimum absolute atomic E-state index is 0.0509. The number of anilines is 2. The summed E-state index contributed by atoms with van der Waals surface area (Å²) in [6.45, 7) is 0.730. The molecule has 1 aliphatic rings. The topological polar surface area (TPSA) is 113 Å². The van der Waals surface area contributed by atoms with Gasteiger partial charge < -0.3 is 10.1 Å². The van der Waals surface area contributed by atoms with Crippen molar-refractivity contribution in [3.8, 4) is 0 Å². The first-order chi connectivity index (χ1) is 15.1. The molecule has 1 fully saturated rings. The second kappa shape index (κ2) is 10.2. The molecule has 32 heavy (non-hydrogen) atoms. The van der Waals surface area contributed by atoms with Gasteiger partial charge in [0, 0.05) is 18.0 Å². The van der Waals surface area contributed by atoms with Crippen molar-refractivity contribution >= 4 is 49.1 Å². The van der Waals surface area contributed by atoms with Crippen LogP contribution >= 0.6 is 11.8 Å². The molecule has 0 aromatic heterocycles. The molecule has 1 amide bonds. The largest absolute Gasteiger partial charge is 0.379 e. The van der Waals surface area contributed by atoms with Crippen LogP contribution in [0.4, 0.5) is 11.4 Å². The van der Waals surface area contributed by atoms with Crippen LogP contribution in [0.25, 0.3) is 0 Å². The Morgan fingerprint density at radius 3 is 2.28 bits per heavy atom. The molecule has 1 saturated heterocycles. The molecule has 9 nitrogen and oxygen atoms in total. The molecular weight excluding hydrogens is 474 g/mol. The number of para-hydroxylation sites is 1. The summed E-state index contributed by atoms with van der Waals surface area (Å²) in [6.07, 6.45) is 2.87. The predicted molar refractivity (Wildman–Crippen MR) is 125 cm³/mol. The highest BCUT2D eigenvalue weighted by molar-refractivity contribution is 7.98. The maximum Gasteiger partial charge on any atom is 0.245 e. The maximum absolute atomic E-state index is 12.8. The first kappa shape index (κ1) is 24.5. The minimum Gasteiger partial charge on any atom is -0.379 e. The fraction of sp³-hybridized carbons (Fsp3) is 0.350. The van der Waals surface area contributed by atoms with Crippen molar-refractivity contribution < 1.29 is 26.4 Å². The highest BCUT2D eigenvalue weighted by Crippen LogP contribution is 2.26. The van der Waals surface area contributed by atoms with Gasteiger partial charge in [-0.2, -0.15) is 4.31 Å². The zero-order valence-electron chi connectivity index (χ0n) is 17.7. The van der Waals surface area contributed by atoms with E-state index in [0.717, 1.165) is 15.5 Å². The molecule has 1 heterocycles. The van der Waals surface area contributed by atoms with Crippen molar-refractivity contribution in [2.75, 3.05) is 55.0 Å². The molecule has 12 heteroatoms. The molecule has 2 aromatic carbocycles. The van der Waals surface area contributed by atoms with E-state index in [-0.39, 0.29) is 23.7 Å². The van der Waals surface area contributed by atoms with Gasteiger partial charge in [0.15, 0.2) is 0 Å². The molecule has 1 aliphatic heterocycles. The summed E-state index contributed by atoms with van der Waals surface area (Å²) in [7, 11) is -7.51. The van der Waals surface area contributed by atoms with Gasteiger partial charge in [-0.3, -0.25) is 9.10 Å². The standard InChI is InChI=1S/C20H25N3O6S3/c1-30-19-6-4-3-5-18(19)21-20(24)15-23(31(2,25)26)16-7-9-17(10-8-16)32(27,28)22-11-13-29-14-12-22/h3-10H,11-15H2,1-2H3,(H,21,24). The summed E-state index contributed by atoms with van der Waals surface area (Å²) < 4.78 is 57.8. The number of carbonyl (C=O) groups is 1. The van der Waals surface area contributed by atoms with E-state index in [1.165, 1.54) is 40.3 Å². The number of nitrogens with one attached hydrogen (secondary N) is 1. The van der Waals surface area contributed by atoms with Crippen LogP contribution in [0, 0.1) is 0 Å². The van der Waals surface area contributed by atoms with Crippen LogP contribution in [0.15, 0.2) is 58.3 Å². The maximum atomic E-state index is 12.8. The van der Waals surface area contributed by atoms with Gasteiger partial charge in [0.1, 0.15) is 6.54 Å². The number of benzene rings is 2. The minimum atomic E-state index is -3.80. The van der Waals surface area contributed by atoms with E-state index in [1.54, 1.807) is 12.1 Å². The third kappa shape index (κ3) is 5.81. The second-order valence-corrected chi connectivity index (χ2v) is 11.7. The average molecular weight is 500 g/mol. The van der Waals surface area contributed by atoms with Crippen molar-refractivity contribution in [3.05, 3.63) is 48.5 Å². The van der Waals surface area contributed by atoms with Crippen LogP contribution < -0.4 is 9.62 Å². The van der Waals surface area contributed by atoms with Gasteiger partial charge in [-0.15, -0.1) is 11.8 Å². The number of hydrogen-bond donors (Lipinski definition) is 1. The molecule has 2 aromatic rings. The number of ether oxygens (including phenoxy) is 1. The second-order valence-electron chi connectivity index (χ2n) is 7.03. The van der Waals surface area contributed by atoms with Crippen LogP contribution in [0.1, 0.15) is 0 Å². The number of thioether (sulfide) groups is 1. The zero-order valence-corrected chi connectivity index (χ0v) is 20.2. The summed E-state index contributed by atoms with van der Waals surface area (Å²) in [5, 5.41) is 2.73. The Morgan fingerprint density at radius 2 is 1.69 bits per heavy atom. The predicted octanol–water partition coefficient (Wildman–Crippen LogP) is 1.83. The monoisotopic (exact) mass is 499 g/mol. The quantitative estimate of drug-likeness (QED) is 0.552. The molecule has 0 spiro atoms. The lowest BCUT2D eigenvalue weighted by atomic mass is 10.3. The van der Waals surface area contributed by atoms with Crippen molar-refractivity contribution in [1.29, 1.82) is 0 Å². The number of carbonyl (C=O) groups excluding carboxylic acids is 1. The van der Waals surface area contributed by atoms with Crippen LogP contribution in [-0.2, 0) is 29.6 Å². The Labute approximate surface area is 192 Å². The average Bonchev–Trinajstić information content (AvgIpc) is 2.78. The highest BCUT2D eigenvalue weighted by atomic mass is 32.2. The normalized spacial score (nSPS) is 15.3. The molecule has 0 radical (unpaired) electrons. The molecule has 1 N–H and O–H groups in total. The van der Waals surface area contributed by atoms with Crippen molar-refractivity contribution in [3.63, 3.8) is 0 Å². The number of rotatable bonds is 8. The van der Waals surface area contributed by atoms with E-state index in [4.69, 9.17) is 4.74 Å². The fourth-order valence-corrected chi connectivity index (χ4v) is 6.01. The summed E-state index contributed by atoms with van der Waals surface area (Å²) in [5.41, 5.74) is 0.784. The molecule has 0 saturated carbocycles. The fourth-order valence-electron chi connectivity index (χ4n) is 3.19. The van der Waals surface area contributed by atoms with Gasteiger partial charge in [0.05, 0.1) is 35.7 Å². The van der Waals surface area contributed by atoms with Crippen LogP contribution in [-0.4, -0.2) is 72.4 Å². The van der Waals surface area contributed by atoms with Gasteiger partial charge in [0.25, 0.3) is 0 Å². The Kier molecular flexibility index (Phi) is 7.83. The Morgan fingerprint density at radius 1 is 1.06 bits per heavy atom. The summed E-state index contributed by atoms with van der Waals surface area (Å²) in [6, 6.07) is 12.7. The van der Waals surface area contributed by atoms with Gasteiger partial charge in [0.2, 0.25) is 26.0 Å². The smallest absolute Gasteiger partial charge is 0.245 e. The molecule has 3 rings (SSSR count). The Balaban J connectivity index is 1.80. The van der Waals surface area contributed by atoms with E-state index in [0.29, 0.717) is 18.9 Å². The molecule has 174 valence electrons. The van der Waals surface area contributed by atoms with E-state index >= 15 is 0 Å². The number of morpholine rings is 1. The van der Waals surface area contributed by atoms with E-state index in [1.807, 2.05) is 18.4 Å². The third-order valence-electron chi connectivity index (χ3n) is 4.80. The first-order valence-electron chi connectivity index (χ1n) is 9.71. The molecule has 0 unspecified atom stereocenters. The third-order valence-corrected chi connectivity index (χ3v) is 8.65. The van der Waals surface area contributed by atoms with Crippen molar-refractivity contribution in [2.45, 2.75) is 9.79 Å². The number of amides is 1. The molecule has 0 bridgehead atoms. The first-order valence-corrected chi connectivity index (χ1v) is 14.2. The van der Waals surface area contributed by atoms with Crippen LogP contribution in [0.3, 0.4) is 0 Å². The van der Waals surface area contributed by atoms with Crippen LogP contribution in [0.2, 0.25) is 0 Å². The van der Waals surface area contributed by atoms with E-state index in [2.05, 4.69) is 5.32 Å². The van der Waals surface area contributed by atoms with Crippen molar-refractivity contribution in [2.24, 2.45) is 0 Å². The van der Waals surface area contributed by atoms with Gasteiger partial charge >= 0.3 is 0 Å². The summed E-state index contributed by atoms with van der Waals surface area (Å²) >= 11 is 1.46. The zero-order chi connectivity index (χ0) is 23.4. The van der Waals surface area contributed by atoms with E-state index < -0.39 is 32.5 Å². The van der Waals surface area contributed by atoms with Gasteiger partial charge in [-0.05, 0) is 42.7 Å². The Bertz CT molecular complexity index is 1160. The lowest BCUT2D eigenvalue weighted by Gasteiger charge is -2.26. The number of nitrogens with zero attached hydrogens (tertiary/aromatic N) is 2. The van der Waals surface area contributed by atoms with Gasteiger partial charge in [-0.1, -0.05) is 12.1 Å². The lowest BCUT2D eigenvalue weighted by Crippen LogP contribution is -2.40. The molecule has 0 aliphatic carbocycles. The molecular formula is C20H25N3O6S3. The number of sulfonamides is 2. The number of hydrogen-bond acceptors (Lipinski definition) is 7. The molecule has 0 atom stereocenters. The van der Waals surface area contributed by atoms with Crippen molar-refractivity contribution in [1.82, 2.24) is 4.31 Å². The summed E-state index contributed by atoms with van der Waals surface area (Å²) in [4.78, 5) is 13.5. The SMILES string of the molecule is CSc1ccccc1NC(=O)CN(c1ccc(S(=O)(=O)N2CCOCC2)cc1)S(C)(=O)=O. The highest BCUT2D eigenvalue weighted by Gasteiger charge is 2.27. The lowest BCUT2D eigenvalue weighted by molar-refractivity contribution is -0.114. The van der Waals surface area contributed by atoms with Crippen LogP contribution in [0.5, 0.6) is 0 Å².